The van der Waals surface area contributed by atoms with E-state index >= 15 is 0 Å². The highest BCUT2D eigenvalue weighted by atomic mass is 19.1. The zero-order chi connectivity index (χ0) is 29.9. The summed E-state index contributed by atoms with van der Waals surface area (Å²) in [7, 11) is 1.45. The van der Waals surface area contributed by atoms with Crippen LogP contribution in [0.1, 0.15) is 28.0 Å². The van der Waals surface area contributed by atoms with Gasteiger partial charge in [-0.25, -0.2) is 4.39 Å². The van der Waals surface area contributed by atoms with E-state index < -0.39 is 29.8 Å². The van der Waals surface area contributed by atoms with Crippen molar-refractivity contribution in [1.29, 1.82) is 0 Å². The number of fused-ring (bicyclic) bond motifs is 6. The Morgan fingerprint density at radius 1 is 1.14 bits per heavy atom. The second-order valence-corrected chi connectivity index (χ2v) is 10.4. The Morgan fingerprint density at radius 2 is 2.00 bits per heavy atom. The minimum Gasteiger partial charge on any atom is -0.493 e. The van der Waals surface area contributed by atoms with Crippen molar-refractivity contribution in [2.75, 3.05) is 26.8 Å². The minimum absolute atomic E-state index is 0.0292. The van der Waals surface area contributed by atoms with E-state index in [4.69, 9.17) is 18.7 Å². The number of piperidine rings is 1. The van der Waals surface area contributed by atoms with Crippen molar-refractivity contribution in [3.63, 3.8) is 0 Å². The predicted molar refractivity (Wildman–Crippen MR) is 151 cm³/mol. The molecule has 222 valence electrons. The highest BCUT2D eigenvalue weighted by molar-refractivity contribution is 5.95. The number of nitrogens with zero attached hydrogens (tertiary/aromatic N) is 2. The fraction of sp³-hybridized carbons (Fsp3) is 0.290. The summed E-state index contributed by atoms with van der Waals surface area (Å²) >= 11 is 0. The molecule has 3 heterocycles. The molecule has 11 nitrogen and oxygen atoms in total. The van der Waals surface area contributed by atoms with Crippen LogP contribution in [0.5, 0.6) is 17.2 Å². The Hall–Kier alpha value is -5.13. The number of methoxy groups -OCH3 is 1. The number of likely N-dealkylation sites (tertiary alicyclic amines) is 1. The largest absolute Gasteiger partial charge is 0.493 e. The third-order valence-corrected chi connectivity index (χ3v) is 7.48. The lowest BCUT2D eigenvalue weighted by molar-refractivity contribution is -0.135. The number of carbonyl (C=O) groups excluding carboxylic acids is 3. The number of benzene rings is 3. The molecule has 0 spiro atoms. The van der Waals surface area contributed by atoms with Crippen molar-refractivity contribution in [3.8, 4) is 17.2 Å². The molecule has 4 aromatic rings. The predicted octanol–water partition coefficient (Wildman–Crippen LogP) is 3.01. The lowest BCUT2D eigenvalue weighted by Crippen LogP contribution is -2.58. The molecule has 2 aliphatic rings. The van der Waals surface area contributed by atoms with Crippen molar-refractivity contribution in [2.24, 2.45) is 0 Å². The monoisotopic (exact) mass is 588 g/mol. The van der Waals surface area contributed by atoms with Gasteiger partial charge in [0.1, 0.15) is 23.4 Å². The maximum absolute atomic E-state index is 14.6. The van der Waals surface area contributed by atoms with Crippen LogP contribution >= 0.6 is 0 Å². The molecule has 3 aromatic carbocycles. The number of amides is 3. The Kier molecular flexibility index (Phi) is 7.82. The zero-order valence-electron chi connectivity index (χ0n) is 23.3. The topological polar surface area (TPSA) is 132 Å². The van der Waals surface area contributed by atoms with Crippen molar-refractivity contribution in [2.45, 2.75) is 31.5 Å². The van der Waals surface area contributed by atoms with Crippen molar-refractivity contribution in [1.82, 2.24) is 20.7 Å². The highest BCUT2D eigenvalue weighted by Gasteiger charge is 2.35. The molecular formula is C31H29FN4O7. The highest BCUT2D eigenvalue weighted by Crippen LogP contribution is 2.29. The summed E-state index contributed by atoms with van der Waals surface area (Å²) in [6, 6.07) is 15.5. The average molecular weight is 589 g/mol. The van der Waals surface area contributed by atoms with Crippen LogP contribution in [0.4, 0.5) is 4.39 Å². The molecule has 6 rings (SSSR count). The second kappa shape index (κ2) is 12.0. The van der Waals surface area contributed by atoms with Gasteiger partial charge in [-0.2, -0.15) is 0 Å². The van der Waals surface area contributed by atoms with E-state index in [0.717, 1.165) is 5.39 Å². The summed E-state index contributed by atoms with van der Waals surface area (Å²) in [4.78, 5) is 40.9. The summed E-state index contributed by atoms with van der Waals surface area (Å²) in [5.41, 5.74) is 1.90. The second-order valence-electron chi connectivity index (χ2n) is 10.4. The van der Waals surface area contributed by atoms with E-state index in [1.165, 1.54) is 25.3 Å². The first-order chi connectivity index (χ1) is 20.9. The first kappa shape index (κ1) is 28.0. The normalized spacial score (nSPS) is 19.0. The van der Waals surface area contributed by atoms with E-state index in [1.807, 2.05) is 18.2 Å². The maximum atomic E-state index is 14.6. The number of rotatable bonds is 3. The lowest BCUT2D eigenvalue weighted by Gasteiger charge is -2.39. The van der Waals surface area contributed by atoms with Gasteiger partial charge in [0, 0.05) is 43.1 Å². The van der Waals surface area contributed by atoms with Crippen molar-refractivity contribution in [3.05, 3.63) is 83.3 Å². The fourth-order valence-corrected chi connectivity index (χ4v) is 5.33. The molecule has 2 aliphatic heterocycles. The third-order valence-electron chi connectivity index (χ3n) is 7.48. The summed E-state index contributed by atoms with van der Waals surface area (Å²) in [6.45, 7) is 0.180. The van der Waals surface area contributed by atoms with Gasteiger partial charge in [0.15, 0.2) is 23.7 Å². The van der Waals surface area contributed by atoms with E-state index in [1.54, 1.807) is 29.2 Å². The maximum Gasteiger partial charge on any atom is 0.258 e. The molecule has 4 bridgehead atoms. The van der Waals surface area contributed by atoms with Gasteiger partial charge >= 0.3 is 0 Å². The van der Waals surface area contributed by atoms with Gasteiger partial charge in [-0.15, -0.1) is 0 Å². The van der Waals surface area contributed by atoms with Gasteiger partial charge in [-0.05, 0) is 48.0 Å². The number of nitrogens with one attached hydrogen (secondary N) is 2. The number of carbonyl (C=O) groups is 3. The van der Waals surface area contributed by atoms with Crippen LogP contribution in [0.15, 0.2) is 65.2 Å². The Bertz CT molecular complexity index is 1690. The quantitative estimate of drug-likeness (QED) is 0.374. The molecular weight excluding hydrogens is 559 g/mol. The smallest absolute Gasteiger partial charge is 0.258 e. The van der Waals surface area contributed by atoms with Crippen molar-refractivity contribution < 1.29 is 37.5 Å². The van der Waals surface area contributed by atoms with Crippen LogP contribution in [-0.4, -0.2) is 66.7 Å². The molecule has 1 fully saturated rings. The molecule has 3 amide bonds. The molecule has 1 saturated heterocycles. The van der Waals surface area contributed by atoms with Crippen LogP contribution in [0, 0.1) is 5.82 Å². The van der Waals surface area contributed by atoms with E-state index in [2.05, 4.69) is 15.8 Å². The molecule has 2 N–H and O–H groups in total. The van der Waals surface area contributed by atoms with Crippen LogP contribution in [-0.2, 0) is 22.6 Å². The first-order valence-electron chi connectivity index (χ1n) is 13.8. The van der Waals surface area contributed by atoms with Crippen LogP contribution in [0.2, 0.25) is 0 Å². The Labute approximate surface area is 245 Å². The number of halogens is 1. The van der Waals surface area contributed by atoms with Crippen LogP contribution in [0.25, 0.3) is 11.0 Å². The number of hydrogen-bond donors (Lipinski definition) is 2. The Balaban J connectivity index is 1.25. The van der Waals surface area contributed by atoms with Crippen LogP contribution < -0.4 is 24.8 Å². The van der Waals surface area contributed by atoms with Crippen molar-refractivity contribution >= 4 is 28.7 Å². The number of para-hydroxylation sites is 1. The third kappa shape index (κ3) is 6.22. The Morgan fingerprint density at radius 3 is 2.86 bits per heavy atom. The molecule has 0 unspecified atom stereocenters. The van der Waals surface area contributed by atoms with Gasteiger partial charge in [-0.1, -0.05) is 17.3 Å². The standard InChI is InChI=1S/C31H29FN4O7/c1-40-27-7-6-19-12-28(27)41-17-29(37)34-24-16-36(30(38)14-23-22-4-2-3-5-25(22)43-35-23)9-8-26(24)42-21-11-18(10-20(32)13-21)15-33-31(19)39/h2-7,10-13,24,26H,8-9,14-17H2,1H3,(H,33,39)(H,34,37)/t24-,26+/m1/s1. The summed E-state index contributed by atoms with van der Waals surface area (Å²) in [5, 5.41) is 10.5. The average Bonchev–Trinajstić information content (AvgIpc) is 3.41. The summed E-state index contributed by atoms with van der Waals surface area (Å²) < 4.78 is 37.2. The fourth-order valence-electron chi connectivity index (χ4n) is 5.33. The lowest BCUT2D eigenvalue weighted by atomic mass is 10.0. The van der Waals surface area contributed by atoms with Gasteiger partial charge in [0.05, 0.1) is 19.6 Å². The number of ether oxygens (including phenoxy) is 3. The summed E-state index contributed by atoms with van der Waals surface area (Å²) in [6.07, 6.45) is -0.173. The molecule has 0 saturated carbocycles. The molecule has 0 aliphatic carbocycles. The summed E-state index contributed by atoms with van der Waals surface area (Å²) in [5.74, 6) is -0.797. The minimum atomic E-state index is -0.629. The van der Waals surface area contributed by atoms with Gasteiger partial charge in [0.25, 0.3) is 11.8 Å². The first-order valence-corrected chi connectivity index (χ1v) is 13.8. The SMILES string of the molecule is COc1ccc2cc1OCC(=O)N[C@@H]1CN(C(=O)Cc3noc4ccccc34)CC[C@@H]1Oc1cc(F)cc(c1)CNC2=O. The van der Waals surface area contributed by atoms with Gasteiger partial charge in [-0.3, -0.25) is 14.4 Å². The molecule has 2 atom stereocenters. The molecule has 1 aromatic heterocycles. The van der Waals surface area contributed by atoms with E-state index in [0.29, 0.717) is 35.6 Å². The molecule has 43 heavy (non-hydrogen) atoms. The zero-order valence-corrected chi connectivity index (χ0v) is 23.3. The molecule has 0 radical (unpaired) electrons. The van der Waals surface area contributed by atoms with Gasteiger partial charge < -0.3 is 34.3 Å². The molecule has 12 heteroatoms. The van der Waals surface area contributed by atoms with E-state index in [9.17, 15) is 18.8 Å². The number of aromatic nitrogens is 1. The van der Waals surface area contributed by atoms with Crippen LogP contribution in [0.3, 0.4) is 0 Å². The van der Waals surface area contributed by atoms with Gasteiger partial charge in [0.2, 0.25) is 5.91 Å². The number of hydrogen-bond acceptors (Lipinski definition) is 8. The van der Waals surface area contributed by atoms with E-state index in [-0.39, 0.29) is 49.1 Å².